The van der Waals surface area contributed by atoms with Gasteiger partial charge in [-0.15, -0.1) is 0 Å². The summed E-state index contributed by atoms with van der Waals surface area (Å²) in [5.41, 5.74) is 6.59. The second-order valence-corrected chi connectivity index (χ2v) is 16.4. The van der Waals surface area contributed by atoms with E-state index in [1.807, 2.05) is 13.8 Å². The minimum absolute atomic E-state index is 0.00697. The van der Waals surface area contributed by atoms with Crippen LogP contribution < -0.4 is 43.0 Å². The number of Topliss-reactive ketones (excluding diaryl/α,β-unsaturated/α-hetero) is 1. The highest BCUT2D eigenvalue weighted by molar-refractivity contribution is 7.98. The van der Waals surface area contributed by atoms with Crippen LogP contribution in [0.5, 0.6) is 0 Å². The smallest absolute Gasteiger partial charge is 0.249 e. The fourth-order valence-corrected chi connectivity index (χ4v) is 6.99. The van der Waals surface area contributed by atoms with Crippen molar-refractivity contribution in [2.45, 2.75) is 83.6 Å². The number of likely N-dealkylation sites (tertiary alicyclic amines) is 1. The van der Waals surface area contributed by atoms with Gasteiger partial charge in [0.25, 0.3) is 0 Å². The Morgan fingerprint density at radius 2 is 1.42 bits per heavy atom. The zero-order valence-corrected chi connectivity index (χ0v) is 38.5. The molecule has 0 aromatic heterocycles. The van der Waals surface area contributed by atoms with Crippen molar-refractivity contribution in [1.82, 2.24) is 42.1 Å². The number of thioether (sulfide) groups is 1. The van der Waals surface area contributed by atoms with Gasteiger partial charge in [-0.2, -0.15) is 11.8 Å². The number of carbonyl (C=O) groups excluding carboxylic acids is 9. The summed E-state index contributed by atoms with van der Waals surface area (Å²) in [6.45, 7) is 6.82. The summed E-state index contributed by atoms with van der Waals surface area (Å²) < 4.78 is 16.1. The van der Waals surface area contributed by atoms with Gasteiger partial charge >= 0.3 is 0 Å². The first-order valence-electron chi connectivity index (χ1n) is 21.3. The van der Waals surface area contributed by atoms with E-state index in [0.29, 0.717) is 37.1 Å². The summed E-state index contributed by atoms with van der Waals surface area (Å²) in [7, 11) is 1.44. The van der Waals surface area contributed by atoms with Crippen molar-refractivity contribution in [2.24, 2.45) is 11.7 Å². The van der Waals surface area contributed by atoms with Crippen molar-refractivity contribution in [3.63, 3.8) is 0 Å². The number of likely N-dealkylation sites (N-methyl/N-ethyl adjacent to an activating group) is 1. The lowest BCUT2D eigenvalue weighted by atomic mass is 10.0. The number of ketones is 1. The fraction of sp³-hybridized carbons (Fsp3) is 0.643. The summed E-state index contributed by atoms with van der Waals surface area (Å²) >= 11 is 1.30. The molecule has 1 saturated heterocycles. The van der Waals surface area contributed by atoms with Gasteiger partial charge in [0.15, 0.2) is 5.78 Å². The van der Waals surface area contributed by atoms with E-state index in [1.165, 1.54) is 37.6 Å². The Kier molecular flexibility index (Phi) is 25.8. The minimum Gasteiger partial charge on any atom is -0.378 e. The fourth-order valence-electron chi connectivity index (χ4n) is 6.43. The van der Waals surface area contributed by atoms with Gasteiger partial charge < -0.3 is 62.1 Å². The molecule has 0 radical (unpaired) electrons. The highest BCUT2D eigenvalue weighted by Crippen LogP contribution is 2.19. The van der Waals surface area contributed by atoms with Crippen molar-refractivity contribution < 1.29 is 57.4 Å². The number of amides is 8. The van der Waals surface area contributed by atoms with Crippen LogP contribution in [0.2, 0.25) is 0 Å². The van der Waals surface area contributed by atoms with Crippen LogP contribution >= 0.6 is 11.8 Å². The summed E-state index contributed by atoms with van der Waals surface area (Å²) in [5.74, 6) is -4.23. The summed E-state index contributed by atoms with van der Waals surface area (Å²) in [6, 6.07) is 1.96. The molecule has 1 heterocycles. The van der Waals surface area contributed by atoms with Crippen molar-refractivity contribution in [3.05, 3.63) is 35.4 Å². The quantitative estimate of drug-likeness (QED) is 0.0300. The average Bonchev–Trinajstić information content (AvgIpc) is 3.76. The third-order valence-electron chi connectivity index (χ3n) is 9.71. The number of nitrogens with one attached hydrogen (secondary N) is 7. The third kappa shape index (κ3) is 20.6. The maximum absolute atomic E-state index is 13.5. The van der Waals surface area contributed by atoms with Crippen LogP contribution in [0, 0.1) is 5.92 Å². The zero-order chi connectivity index (χ0) is 47.6. The van der Waals surface area contributed by atoms with Crippen molar-refractivity contribution in [2.75, 3.05) is 84.9 Å². The first-order valence-corrected chi connectivity index (χ1v) is 22.7. The maximum atomic E-state index is 13.5. The second-order valence-electron chi connectivity index (χ2n) is 15.4. The van der Waals surface area contributed by atoms with Crippen LogP contribution in [-0.4, -0.2) is 173 Å². The molecule has 22 heteroatoms. The average molecular weight is 922 g/mol. The number of hydrogen-bond acceptors (Lipinski definition) is 14. The number of rotatable bonds is 30. The molecule has 2 rings (SSSR count). The van der Waals surface area contributed by atoms with Gasteiger partial charge in [0, 0.05) is 44.4 Å². The normalized spacial score (nSPS) is 15.2. The van der Waals surface area contributed by atoms with Crippen LogP contribution in [-0.2, 0) is 59.0 Å². The molecule has 1 fully saturated rings. The Bertz CT molecular complexity index is 1720. The maximum Gasteiger partial charge on any atom is 0.249 e. The molecule has 1 aromatic carbocycles. The van der Waals surface area contributed by atoms with E-state index in [1.54, 1.807) is 30.5 Å². The van der Waals surface area contributed by atoms with Gasteiger partial charge in [-0.1, -0.05) is 38.1 Å². The Labute approximate surface area is 378 Å². The largest absolute Gasteiger partial charge is 0.378 e. The molecule has 0 spiro atoms. The highest BCUT2D eigenvalue weighted by atomic mass is 32.2. The van der Waals surface area contributed by atoms with Crippen LogP contribution in [0.1, 0.15) is 62.9 Å². The van der Waals surface area contributed by atoms with Crippen LogP contribution in [0.3, 0.4) is 0 Å². The predicted octanol–water partition coefficient (Wildman–Crippen LogP) is -2.22. The van der Waals surface area contributed by atoms with E-state index >= 15 is 0 Å². The van der Waals surface area contributed by atoms with E-state index in [9.17, 15) is 43.2 Å². The highest BCUT2D eigenvalue weighted by Gasteiger charge is 2.36. The first-order chi connectivity index (χ1) is 30.5. The van der Waals surface area contributed by atoms with Crippen LogP contribution in [0.25, 0.3) is 0 Å². The number of hydrogen-bond donors (Lipinski definition) is 8. The van der Waals surface area contributed by atoms with Gasteiger partial charge in [0.05, 0.1) is 33.0 Å². The molecule has 64 heavy (non-hydrogen) atoms. The summed E-state index contributed by atoms with van der Waals surface area (Å²) in [4.78, 5) is 116. The molecule has 1 aromatic rings. The van der Waals surface area contributed by atoms with E-state index in [-0.39, 0.29) is 76.4 Å². The molecule has 0 saturated carbocycles. The second kappa shape index (κ2) is 30.1. The molecule has 5 atom stereocenters. The van der Waals surface area contributed by atoms with E-state index in [4.69, 9.17) is 19.9 Å². The van der Waals surface area contributed by atoms with Gasteiger partial charge in [0.2, 0.25) is 47.3 Å². The predicted molar refractivity (Wildman–Crippen MR) is 238 cm³/mol. The summed E-state index contributed by atoms with van der Waals surface area (Å²) in [5, 5.41) is 18.2. The van der Waals surface area contributed by atoms with E-state index in [0.717, 1.165) is 0 Å². The number of nitrogens with zero attached hydrogens (tertiary/aromatic N) is 1. The molecule has 358 valence electrons. The Morgan fingerprint density at radius 3 is 2.06 bits per heavy atom. The zero-order valence-electron chi connectivity index (χ0n) is 37.7. The van der Waals surface area contributed by atoms with Gasteiger partial charge in [0.1, 0.15) is 43.4 Å². The van der Waals surface area contributed by atoms with Crippen molar-refractivity contribution >= 4 is 64.8 Å². The third-order valence-corrected chi connectivity index (χ3v) is 10.4. The molecule has 9 N–H and O–H groups in total. The summed E-state index contributed by atoms with van der Waals surface area (Å²) in [6.07, 6.45) is 2.98. The molecule has 1 aliphatic heterocycles. The number of benzene rings is 1. The van der Waals surface area contributed by atoms with Gasteiger partial charge in [-0.25, -0.2) is 0 Å². The monoisotopic (exact) mass is 921 g/mol. The molecule has 1 aliphatic rings. The molecular formula is C42H67N9O12S. The SMILES string of the molecule is CNC(=O)[C@H](C)NC(=O)[C@H](CSC)NC(=O)CNC(=O)[C@H](CC(C)C)NC(=O)[C@@H]1CCCN1C(=O)COCCNC(=O)[C@H](Cc1ccc(C(C)=O)cc1)NC(=O)COCCOCCN. The van der Waals surface area contributed by atoms with E-state index in [2.05, 4.69) is 37.2 Å². The molecule has 8 amide bonds. The lowest BCUT2D eigenvalue weighted by Gasteiger charge is -2.27. The topological polar surface area (TPSA) is 295 Å². The van der Waals surface area contributed by atoms with Crippen molar-refractivity contribution in [1.29, 1.82) is 0 Å². The van der Waals surface area contributed by atoms with E-state index < -0.39 is 84.0 Å². The molecule has 21 nitrogen and oxygen atoms in total. The minimum atomic E-state index is -1.03. The molecule has 0 aliphatic carbocycles. The number of nitrogens with two attached hydrogens (primary N) is 1. The Hall–Kier alpha value is -5.16. The first kappa shape index (κ1) is 55.0. The van der Waals surface area contributed by atoms with Gasteiger partial charge in [-0.3, -0.25) is 43.2 Å². The van der Waals surface area contributed by atoms with Gasteiger partial charge in [-0.05, 0) is 50.8 Å². The number of carbonyl (C=O) groups is 9. The molecular weight excluding hydrogens is 855 g/mol. The lowest BCUT2D eigenvalue weighted by molar-refractivity contribution is -0.142. The van der Waals surface area contributed by atoms with Crippen LogP contribution in [0.4, 0.5) is 0 Å². The van der Waals surface area contributed by atoms with Crippen molar-refractivity contribution in [3.8, 4) is 0 Å². The molecule has 0 bridgehead atoms. The Balaban J connectivity index is 1.92. The molecule has 0 unspecified atom stereocenters. The Morgan fingerprint density at radius 1 is 0.766 bits per heavy atom. The standard InChI is InChI=1S/C42H67N9O12S/c1-26(2)20-31(40(58)46-22-35(53)49-33(25-64-6)41(59)47-27(3)38(56)44-5)50-42(60)34-8-7-15-51(34)37(55)24-62-17-14-45-39(57)32(21-29-9-11-30(12-10-29)28(4)52)48-36(54)23-63-19-18-61-16-13-43/h9-12,26-27,31-34H,7-8,13-25,43H2,1-6H3,(H,44,56)(H,45,57)(H,46,58)(H,47,59)(H,48,54)(H,49,53)(H,50,60)/t27-,31-,32-,33-,34-/m0/s1. The number of ether oxygens (including phenoxy) is 3. The van der Waals surface area contributed by atoms with Crippen LogP contribution in [0.15, 0.2) is 24.3 Å². The lowest BCUT2D eigenvalue weighted by Crippen LogP contribution is -2.56.